The van der Waals surface area contributed by atoms with E-state index in [2.05, 4.69) is 5.32 Å². The van der Waals surface area contributed by atoms with Crippen LogP contribution in [0.1, 0.15) is 80.1 Å². The Labute approximate surface area is 211 Å². The van der Waals surface area contributed by atoms with Crippen molar-refractivity contribution in [1.29, 1.82) is 0 Å². The molecule has 1 aliphatic carbocycles. The molecule has 2 saturated heterocycles. The minimum absolute atomic E-state index is 0.0521. The quantitative estimate of drug-likeness (QED) is 0.582. The lowest BCUT2D eigenvalue weighted by Crippen LogP contribution is -2.52. The minimum atomic E-state index is -0.935. The molecule has 1 aromatic carbocycles. The van der Waals surface area contributed by atoms with Gasteiger partial charge in [-0.25, -0.2) is 0 Å². The molecule has 3 atom stereocenters. The van der Waals surface area contributed by atoms with Gasteiger partial charge in [0.25, 0.3) is 11.8 Å². The molecule has 0 bridgehead atoms. The second kappa shape index (κ2) is 10.6. The number of fused-ring (bicyclic) bond motifs is 1. The number of imide groups is 1. The van der Waals surface area contributed by atoms with Gasteiger partial charge >= 0.3 is 0 Å². The monoisotopic (exact) mass is 497 g/mol. The van der Waals surface area contributed by atoms with Crippen LogP contribution >= 0.6 is 0 Å². The third-order valence-corrected chi connectivity index (χ3v) is 8.20. The number of piperidine rings is 2. The summed E-state index contributed by atoms with van der Waals surface area (Å²) in [4.78, 5) is 53.1. The molecule has 1 saturated carbocycles. The molecule has 5 rings (SSSR count). The second-order valence-electron chi connectivity index (χ2n) is 10.6. The summed E-state index contributed by atoms with van der Waals surface area (Å²) in [7, 11) is 0. The molecule has 194 valence electrons. The molecule has 3 fully saturated rings. The van der Waals surface area contributed by atoms with E-state index in [1.54, 1.807) is 12.1 Å². The summed E-state index contributed by atoms with van der Waals surface area (Å²) in [6, 6.07) is 4.54. The third-order valence-electron chi connectivity index (χ3n) is 8.20. The van der Waals surface area contributed by atoms with E-state index in [1.807, 2.05) is 11.0 Å². The second-order valence-corrected chi connectivity index (χ2v) is 10.6. The van der Waals surface area contributed by atoms with Crippen LogP contribution in [0.2, 0.25) is 0 Å². The first kappa shape index (κ1) is 24.7. The lowest BCUT2D eigenvalue weighted by molar-refractivity contribution is -0.148. The third kappa shape index (κ3) is 4.98. The lowest BCUT2D eigenvalue weighted by atomic mass is 9.84. The van der Waals surface area contributed by atoms with E-state index in [4.69, 9.17) is 4.74 Å². The van der Waals surface area contributed by atoms with Gasteiger partial charge in [-0.3, -0.25) is 24.5 Å². The summed E-state index contributed by atoms with van der Waals surface area (Å²) in [5, 5.41) is 13.1. The van der Waals surface area contributed by atoms with Crippen LogP contribution in [0.5, 0.6) is 5.75 Å². The smallest absolute Gasteiger partial charge is 0.255 e. The van der Waals surface area contributed by atoms with Gasteiger partial charge in [-0.2, -0.15) is 0 Å². The first-order valence-corrected chi connectivity index (χ1v) is 13.3. The van der Waals surface area contributed by atoms with Crippen molar-refractivity contribution in [1.82, 2.24) is 15.1 Å². The van der Waals surface area contributed by atoms with E-state index in [1.165, 1.54) is 11.3 Å². The summed E-state index contributed by atoms with van der Waals surface area (Å²) < 4.78 is 6.10. The number of amides is 4. The van der Waals surface area contributed by atoms with Crippen LogP contribution in [0, 0.1) is 5.92 Å². The fourth-order valence-corrected chi connectivity index (χ4v) is 6.12. The predicted octanol–water partition coefficient (Wildman–Crippen LogP) is 2.15. The van der Waals surface area contributed by atoms with Crippen molar-refractivity contribution >= 4 is 23.6 Å². The summed E-state index contributed by atoms with van der Waals surface area (Å²) in [6.45, 7) is 1.25. The molecule has 0 aromatic heterocycles. The van der Waals surface area contributed by atoms with Crippen molar-refractivity contribution in [2.24, 2.45) is 5.92 Å². The highest BCUT2D eigenvalue weighted by Gasteiger charge is 2.39. The number of aliphatic hydroxyl groups is 1. The van der Waals surface area contributed by atoms with Crippen LogP contribution < -0.4 is 10.1 Å². The summed E-state index contributed by atoms with van der Waals surface area (Å²) in [6.07, 6.45) is 7.52. The van der Waals surface area contributed by atoms with Gasteiger partial charge in [-0.05, 0) is 68.2 Å². The Kier molecular flexibility index (Phi) is 7.27. The molecule has 36 heavy (non-hydrogen) atoms. The Balaban J connectivity index is 1.21. The Hall–Kier alpha value is -2.94. The Morgan fingerprint density at radius 1 is 1.06 bits per heavy atom. The average molecular weight is 498 g/mol. The highest BCUT2D eigenvalue weighted by Crippen LogP contribution is 2.31. The molecule has 9 nitrogen and oxygen atoms in total. The highest BCUT2D eigenvalue weighted by molar-refractivity contribution is 6.05. The summed E-state index contributed by atoms with van der Waals surface area (Å²) in [5.74, 6) is -0.464. The summed E-state index contributed by atoms with van der Waals surface area (Å²) >= 11 is 0. The van der Waals surface area contributed by atoms with Gasteiger partial charge in [-0.1, -0.05) is 19.3 Å². The van der Waals surface area contributed by atoms with Gasteiger partial charge in [0.1, 0.15) is 24.5 Å². The number of likely N-dealkylation sites (tertiary alicyclic amines) is 1. The number of ether oxygens (including phenoxy) is 1. The fraction of sp³-hybridized carbons (Fsp3) is 0.630. The van der Waals surface area contributed by atoms with Crippen molar-refractivity contribution in [3.63, 3.8) is 0 Å². The highest BCUT2D eigenvalue weighted by atomic mass is 16.5. The van der Waals surface area contributed by atoms with Crippen molar-refractivity contribution in [3.8, 4) is 5.75 Å². The molecule has 0 radical (unpaired) electrons. The Morgan fingerprint density at radius 3 is 2.61 bits per heavy atom. The van der Waals surface area contributed by atoms with Gasteiger partial charge in [0, 0.05) is 25.1 Å². The SMILES string of the molecule is O=C1CCC(N2Cc3cc(OC[C@H]4CCCCN4C(=O)[C@@H](O)C4CCCCC4)ccc3C2=O)C(=O)N1. The zero-order valence-electron chi connectivity index (χ0n) is 20.6. The molecule has 0 spiro atoms. The number of nitrogens with zero attached hydrogens (tertiary/aromatic N) is 2. The van der Waals surface area contributed by atoms with Crippen molar-refractivity contribution in [2.45, 2.75) is 88.9 Å². The average Bonchev–Trinajstić information content (AvgIpc) is 3.22. The zero-order chi connectivity index (χ0) is 25.2. The van der Waals surface area contributed by atoms with Crippen LogP contribution in [0.4, 0.5) is 0 Å². The van der Waals surface area contributed by atoms with Crippen LogP contribution in [0.25, 0.3) is 0 Å². The molecule has 2 N–H and O–H groups in total. The zero-order valence-corrected chi connectivity index (χ0v) is 20.6. The van der Waals surface area contributed by atoms with Crippen LogP contribution in [0.15, 0.2) is 18.2 Å². The Morgan fingerprint density at radius 2 is 1.83 bits per heavy atom. The van der Waals surface area contributed by atoms with Gasteiger partial charge in [-0.15, -0.1) is 0 Å². The maximum atomic E-state index is 13.2. The lowest BCUT2D eigenvalue weighted by Gasteiger charge is -2.38. The molecule has 3 aliphatic heterocycles. The van der Waals surface area contributed by atoms with Crippen LogP contribution in [0.3, 0.4) is 0 Å². The Bertz CT molecular complexity index is 1040. The minimum Gasteiger partial charge on any atom is -0.491 e. The molecular formula is C27H35N3O6. The molecular weight excluding hydrogens is 462 g/mol. The number of carbonyl (C=O) groups is 4. The van der Waals surface area contributed by atoms with Crippen molar-refractivity contribution in [2.75, 3.05) is 13.2 Å². The molecule has 4 aliphatic rings. The molecule has 1 unspecified atom stereocenters. The number of aliphatic hydroxyl groups excluding tert-OH is 1. The van der Waals surface area contributed by atoms with E-state index in [-0.39, 0.29) is 36.1 Å². The number of nitrogens with one attached hydrogen (secondary N) is 1. The van der Waals surface area contributed by atoms with E-state index >= 15 is 0 Å². The van der Waals surface area contributed by atoms with Gasteiger partial charge in [0.05, 0.1) is 6.04 Å². The van der Waals surface area contributed by atoms with Gasteiger partial charge in [0.15, 0.2) is 0 Å². The first-order chi connectivity index (χ1) is 17.4. The number of hydrogen-bond donors (Lipinski definition) is 2. The molecule has 4 amide bonds. The molecule has 9 heteroatoms. The summed E-state index contributed by atoms with van der Waals surface area (Å²) in [5.41, 5.74) is 1.32. The number of hydrogen-bond acceptors (Lipinski definition) is 6. The van der Waals surface area contributed by atoms with Crippen LogP contribution in [-0.4, -0.2) is 69.9 Å². The molecule has 3 heterocycles. The van der Waals surface area contributed by atoms with Crippen molar-refractivity contribution < 1.29 is 29.0 Å². The van der Waals surface area contributed by atoms with Gasteiger partial charge in [0.2, 0.25) is 11.8 Å². The van der Waals surface area contributed by atoms with E-state index in [9.17, 15) is 24.3 Å². The standard InChI is InChI=1S/C27H35N3O6/c31-23-12-11-22(25(33)28-23)30-15-18-14-20(9-10-21(18)26(30)34)36-16-19-8-4-5-13-29(19)27(35)24(32)17-6-2-1-3-7-17/h9-10,14,17,19,22,24,32H,1-8,11-13,15-16H2,(H,28,31,33)/t19-,22?,24+/m1/s1. The first-order valence-electron chi connectivity index (χ1n) is 13.3. The predicted molar refractivity (Wildman–Crippen MR) is 130 cm³/mol. The number of carbonyl (C=O) groups excluding carboxylic acids is 4. The molecule has 1 aromatic rings. The maximum absolute atomic E-state index is 13.2. The number of rotatable bonds is 6. The van der Waals surface area contributed by atoms with Gasteiger partial charge < -0.3 is 19.6 Å². The topological polar surface area (TPSA) is 116 Å². The maximum Gasteiger partial charge on any atom is 0.255 e. The largest absolute Gasteiger partial charge is 0.491 e. The van der Waals surface area contributed by atoms with E-state index in [0.717, 1.165) is 50.5 Å². The fourth-order valence-electron chi connectivity index (χ4n) is 6.12. The van der Waals surface area contributed by atoms with E-state index in [0.29, 0.717) is 37.4 Å². The van der Waals surface area contributed by atoms with Crippen molar-refractivity contribution in [3.05, 3.63) is 29.3 Å². The normalized spacial score (nSPS) is 26.0. The van der Waals surface area contributed by atoms with Crippen LogP contribution in [-0.2, 0) is 20.9 Å². The van der Waals surface area contributed by atoms with E-state index < -0.39 is 18.1 Å². The number of benzene rings is 1.